The Morgan fingerprint density at radius 3 is 2.53 bits per heavy atom. The van der Waals surface area contributed by atoms with Crippen molar-refractivity contribution < 1.29 is 14.3 Å². The van der Waals surface area contributed by atoms with Gasteiger partial charge in [0.2, 0.25) is 5.91 Å². The van der Waals surface area contributed by atoms with Crippen LogP contribution in [-0.2, 0) is 14.3 Å². The van der Waals surface area contributed by atoms with Gasteiger partial charge in [-0.3, -0.25) is 9.69 Å². The van der Waals surface area contributed by atoms with Crippen molar-refractivity contribution in [2.24, 2.45) is 5.73 Å². The molecule has 1 atom stereocenters. The summed E-state index contributed by atoms with van der Waals surface area (Å²) in [5.74, 6) is 0.00785. The molecule has 0 spiro atoms. The number of carbonyl (C=O) groups excluding carboxylic acids is 1. The number of nitrogens with zero attached hydrogens (tertiary/aromatic N) is 2. The smallest absolute Gasteiger partial charge is 0.241 e. The predicted molar refractivity (Wildman–Crippen MR) is 71.8 cm³/mol. The second-order valence-electron chi connectivity index (χ2n) is 5.27. The normalized spacial score (nSPS) is 24.4. The number of carbonyl (C=O) groups is 1. The second kappa shape index (κ2) is 7.19. The fourth-order valence-electron chi connectivity index (χ4n) is 2.84. The third kappa shape index (κ3) is 3.89. The van der Waals surface area contributed by atoms with Gasteiger partial charge in [-0.25, -0.2) is 0 Å². The molecule has 6 nitrogen and oxygen atoms in total. The highest BCUT2D eigenvalue weighted by Crippen LogP contribution is 2.16. The Kier molecular flexibility index (Phi) is 5.57. The summed E-state index contributed by atoms with van der Waals surface area (Å²) in [6.07, 6.45) is 2.22. The minimum Gasteiger partial charge on any atom is -0.383 e. The van der Waals surface area contributed by atoms with Gasteiger partial charge in [0, 0.05) is 52.5 Å². The number of rotatable bonds is 4. The van der Waals surface area contributed by atoms with Crippen molar-refractivity contribution >= 4 is 5.91 Å². The molecule has 2 aliphatic rings. The lowest BCUT2D eigenvalue weighted by Crippen LogP contribution is -2.56. The number of piperazine rings is 1. The lowest BCUT2D eigenvalue weighted by Gasteiger charge is -2.41. The highest BCUT2D eigenvalue weighted by atomic mass is 16.5. The lowest BCUT2D eigenvalue weighted by molar-refractivity contribution is -0.136. The zero-order chi connectivity index (χ0) is 13.7. The maximum Gasteiger partial charge on any atom is 0.241 e. The first kappa shape index (κ1) is 14.7. The Balaban J connectivity index is 1.76. The van der Waals surface area contributed by atoms with E-state index in [1.807, 2.05) is 4.90 Å². The van der Waals surface area contributed by atoms with Crippen molar-refractivity contribution in [2.45, 2.75) is 24.9 Å². The average molecular weight is 271 g/mol. The molecule has 0 aromatic rings. The molecule has 0 aliphatic carbocycles. The maximum atomic E-state index is 12.1. The second-order valence-corrected chi connectivity index (χ2v) is 5.27. The summed E-state index contributed by atoms with van der Waals surface area (Å²) >= 11 is 0. The molecule has 6 heteroatoms. The molecule has 2 rings (SSSR count). The van der Waals surface area contributed by atoms with Gasteiger partial charge in [-0.05, 0) is 12.8 Å². The van der Waals surface area contributed by atoms with Gasteiger partial charge in [0.25, 0.3) is 0 Å². The van der Waals surface area contributed by atoms with E-state index in [4.69, 9.17) is 15.2 Å². The van der Waals surface area contributed by atoms with Crippen LogP contribution in [0.25, 0.3) is 0 Å². The van der Waals surface area contributed by atoms with Gasteiger partial charge in [0.05, 0.1) is 6.61 Å². The van der Waals surface area contributed by atoms with Crippen LogP contribution >= 0.6 is 0 Å². The summed E-state index contributed by atoms with van der Waals surface area (Å²) < 4.78 is 10.3. The first-order chi connectivity index (χ1) is 9.22. The molecule has 0 bridgehead atoms. The Morgan fingerprint density at radius 2 is 1.95 bits per heavy atom. The Hall–Kier alpha value is -0.690. The van der Waals surface area contributed by atoms with Crippen molar-refractivity contribution in [3.63, 3.8) is 0 Å². The minimum atomic E-state index is -0.528. The number of ether oxygens (including phenoxy) is 2. The van der Waals surface area contributed by atoms with Gasteiger partial charge in [-0.15, -0.1) is 0 Å². The largest absolute Gasteiger partial charge is 0.383 e. The van der Waals surface area contributed by atoms with E-state index in [9.17, 15) is 4.79 Å². The minimum absolute atomic E-state index is 0.00785. The standard InChI is InChI=1S/C13H25N3O3/c1-18-10-12(14)13(17)16-6-4-15(5-7-16)11-2-8-19-9-3-11/h11-12H,2-10,14H2,1H3. The molecule has 19 heavy (non-hydrogen) atoms. The summed E-state index contributed by atoms with van der Waals surface area (Å²) in [5, 5.41) is 0. The molecule has 1 unspecified atom stereocenters. The van der Waals surface area contributed by atoms with Crippen LogP contribution < -0.4 is 5.73 Å². The maximum absolute atomic E-state index is 12.1. The van der Waals surface area contributed by atoms with Gasteiger partial charge in [0.1, 0.15) is 6.04 Å². The molecule has 0 aromatic heterocycles. The third-order valence-corrected chi connectivity index (χ3v) is 4.00. The van der Waals surface area contributed by atoms with Crippen LogP contribution in [0.15, 0.2) is 0 Å². The molecule has 110 valence electrons. The zero-order valence-corrected chi connectivity index (χ0v) is 11.7. The van der Waals surface area contributed by atoms with Crippen molar-refractivity contribution in [3.05, 3.63) is 0 Å². The lowest BCUT2D eigenvalue weighted by atomic mass is 10.1. The fourth-order valence-corrected chi connectivity index (χ4v) is 2.84. The van der Waals surface area contributed by atoms with Crippen molar-refractivity contribution in [1.29, 1.82) is 0 Å². The van der Waals surface area contributed by atoms with Gasteiger partial charge >= 0.3 is 0 Å². The number of hydrogen-bond acceptors (Lipinski definition) is 5. The van der Waals surface area contributed by atoms with Crippen LogP contribution in [-0.4, -0.2) is 80.9 Å². The van der Waals surface area contributed by atoms with Crippen LogP contribution in [0.5, 0.6) is 0 Å². The first-order valence-corrected chi connectivity index (χ1v) is 7.07. The van der Waals surface area contributed by atoms with Crippen LogP contribution in [0, 0.1) is 0 Å². The first-order valence-electron chi connectivity index (χ1n) is 7.07. The van der Waals surface area contributed by atoms with E-state index in [0.717, 1.165) is 52.2 Å². The van der Waals surface area contributed by atoms with Crippen LogP contribution in [0.1, 0.15) is 12.8 Å². The van der Waals surface area contributed by atoms with Gasteiger partial charge in [0.15, 0.2) is 0 Å². The zero-order valence-electron chi connectivity index (χ0n) is 11.7. The summed E-state index contributed by atoms with van der Waals surface area (Å²) in [6, 6.07) is 0.0956. The van der Waals surface area contributed by atoms with Crippen LogP contribution in [0.3, 0.4) is 0 Å². The van der Waals surface area contributed by atoms with E-state index >= 15 is 0 Å². The highest BCUT2D eigenvalue weighted by molar-refractivity contribution is 5.81. The molecule has 1 amide bonds. The monoisotopic (exact) mass is 271 g/mol. The molecule has 0 aromatic carbocycles. The SMILES string of the molecule is COCC(N)C(=O)N1CCN(C2CCOCC2)CC1. The van der Waals surface area contributed by atoms with Gasteiger partial charge in [-0.1, -0.05) is 0 Å². The van der Waals surface area contributed by atoms with E-state index in [-0.39, 0.29) is 5.91 Å². The van der Waals surface area contributed by atoms with Gasteiger partial charge in [-0.2, -0.15) is 0 Å². The van der Waals surface area contributed by atoms with E-state index in [2.05, 4.69) is 4.90 Å². The predicted octanol–water partition coefficient (Wildman–Crippen LogP) is -0.717. The number of nitrogens with two attached hydrogens (primary N) is 1. The Labute approximate surface area is 114 Å². The Bertz CT molecular complexity index is 287. The van der Waals surface area contributed by atoms with Gasteiger partial charge < -0.3 is 20.1 Å². The molecular formula is C13H25N3O3. The molecule has 2 fully saturated rings. The fraction of sp³-hybridized carbons (Fsp3) is 0.923. The summed E-state index contributed by atoms with van der Waals surface area (Å²) in [6.45, 7) is 5.44. The van der Waals surface area contributed by atoms with E-state index in [1.54, 1.807) is 7.11 Å². The van der Waals surface area contributed by atoms with E-state index in [0.29, 0.717) is 12.6 Å². The molecule has 2 N–H and O–H groups in total. The summed E-state index contributed by atoms with van der Waals surface area (Å²) in [4.78, 5) is 16.4. The van der Waals surface area contributed by atoms with E-state index < -0.39 is 6.04 Å². The number of amides is 1. The summed E-state index contributed by atoms with van der Waals surface area (Å²) in [5.41, 5.74) is 5.79. The van der Waals surface area contributed by atoms with Crippen LogP contribution in [0.2, 0.25) is 0 Å². The van der Waals surface area contributed by atoms with Crippen LogP contribution in [0.4, 0.5) is 0 Å². The molecule has 2 heterocycles. The number of methoxy groups -OCH3 is 1. The van der Waals surface area contributed by atoms with Crippen molar-refractivity contribution in [2.75, 3.05) is 53.1 Å². The van der Waals surface area contributed by atoms with Crippen molar-refractivity contribution in [3.8, 4) is 0 Å². The molecular weight excluding hydrogens is 246 g/mol. The van der Waals surface area contributed by atoms with E-state index in [1.165, 1.54) is 0 Å². The molecule has 2 aliphatic heterocycles. The Morgan fingerprint density at radius 1 is 1.32 bits per heavy atom. The topological polar surface area (TPSA) is 68.0 Å². The van der Waals surface area contributed by atoms with Crippen molar-refractivity contribution in [1.82, 2.24) is 9.80 Å². The molecule has 0 saturated carbocycles. The quantitative estimate of drug-likeness (QED) is 0.731. The number of hydrogen-bond donors (Lipinski definition) is 1. The average Bonchev–Trinajstić information content (AvgIpc) is 2.48. The third-order valence-electron chi connectivity index (χ3n) is 4.00. The highest BCUT2D eigenvalue weighted by Gasteiger charge is 2.29. The molecule has 2 saturated heterocycles. The molecule has 0 radical (unpaired) electrons. The summed E-state index contributed by atoms with van der Waals surface area (Å²) in [7, 11) is 1.57.